The van der Waals surface area contributed by atoms with Gasteiger partial charge in [-0.25, -0.2) is 0 Å². The van der Waals surface area contributed by atoms with Crippen LogP contribution in [0.5, 0.6) is 0 Å². The van der Waals surface area contributed by atoms with Crippen LogP contribution in [0, 0.1) is 17.3 Å². The Morgan fingerprint density at radius 2 is 2.08 bits per heavy atom. The summed E-state index contributed by atoms with van der Waals surface area (Å²) >= 11 is 0. The molecule has 0 aromatic rings. The molecule has 0 saturated heterocycles. The Kier molecular flexibility index (Phi) is 3.63. The lowest BCUT2D eigenvalue weighted by Crippen LogP contribution is -2.54. The highest BCUT2D eigenvalue weighted by atomic mass is 16.3. The maximum atomic E-state index is 12.3. The molecule has 0 heterocycles. The third kappa shape index (κ3) is 1.99. The molecule has 4 heteroatoms. The first-order chi connectivity index (χ1) is 11.4. The lowest BCUT2D eigenvalue weighted by molar-refractivity contribution is -0.155. The molecule has 1 fully saturated rings. The molecular formula is C20H26O4. The van der Waals surface area contributed by atoms with Gasteiger partial charge in [-0.1, -0.05) is 18.6 Å². The molecule has 2 unspecified atom stereocenters. The zero-order valence-corrected chi connectivity index (χ0v) is 14.3. The van der Waals surface area contributed by atoms with Crippen LogP contribution in [0.3, 0.4) is 0 Å². The number of Topliss-reactive ketones (excluding diaryl/α,β-unsaturated/α-hetero) is 2. The standard InChI is InChI=1S/C20H26O4/c1-19-8-6-15-14-5-3-13(22)10-12(14)2-4-16(15)17(19)7-9-20(19,24)18(23)11-21/h6,16-17,21,24H,2-5,7-11H2,1H3/t16?,17?,19-,20-/m0/s1. The fraction of sp³-hybridized carbons (Fsp3) is 0.700. The molecule has 2 N–H and O–H groups in total. The minimum absolute atomic E-state index is 0.282. The molecule has 4 aliphatic carbocycles. The van der Waals surface area contributed by atoms with E-state index in [0.717, 1.165) is 25.7 Å². The second-order valence-corrected chi connectivity index (χ2v) is 8.31. The van der Waals surface area contributed by atoms with Gasteiger partial charge in [-0.3, -0.25) is 9.59 Å². The van der Waals surface area contributed by atoms with E-state index in [2.05, 4.69) is 6.08 Å². The van der Waals surface area contributed by atoms with E-state index in [-0.39, 0.29) is 5.92 Å². The van der Waals surface area contributed by atoms with E-state index in [4.69, 9.17) is 0 Å². The molecule has 0 amide bonds. The third-order valence-electron chi connectivity index (χ3n) is 7.41. The van der Waals surface area contributed by atoms with E-state index >= 15 is 0 Å². The van der Waals surface area contributed by atoms with Gasteiger partial charge < -0.3 is 10.2 Å². The van der Waals surface area contributed by atoms with Crippen LogP contribution in [-0.2, 0) is 9.59 Å². The van der Waals surface area contributed by atoms with Gasteiger partial charge in [0.05, 0.1) is 0 Å². The van der Waals surface area contributed by atoms with Gasteiger partial charge in [0.25, 0.3) is 0 Å². The Labute approximate surface area is 142 Å². The summed E-state index contributed by atoms with van der Waals surface area (Å²) in [6.45, 7) is 1.44. The van der Waals surface area contributed by atoms with E-state index < -0.39 is 23.4 Å². The van der Waals surface area contributed by atoms with Gasteiger partial charge in [-0.2, -0.15) is 0 Å². The Hall–Kier alpha value is -1.26. The first kappa shape index (κ1) is 16.2. The number of rotatable bonds is 2. The topological polar surface area (TPSA) is 74.6 Å². The van der Waals surface area contributed by atoms with Crippen LogP contribution in [0.1, 0.15) is 58.3 Å². The van der Waals surface area contributed by atoms with Gasteiger partial charge in [-0.05, 0) is 61.5 Å². The smallest absolute Gasteiger partial charge is 0.190 e. The molecule has 0 bridgehead atoms. The summed E-state index contributed by atoms with van der Waals surface area (Å²) in [7, 11) is 0. The fourth-order valence-corrected chi connectivity index (χ4v) is 6.01. The van der Waals surface area contributed by atoms with Gasteiger partial charge in [0.2, 0.25) is 0 Å². The van der Waals surface area contributed by atoms with Crippen LogP contribution >= 0.6 is 0 Å². The van der Waals surface area contributed by atoms with Gasteiger partial charge in [0.15, 0.2) is 5.78 Å². The quantitative estimate of drug-likeness (QED) is 0.816. The Morgan fingerprint density at radius 1 is 1.29 bits per heavy atom. The van der Waals surface area contributed by atoms with Crippen molar-refractivity contribution >= 4 is 11.6 Å². The largest absolute Gasteiger partial charge is 0.388 e. The summed E-state index contributed by atoms with van der Waals surface area (Å²) in [5.74, 6) is 0.599. The van der Waals surface area contributed by atoms with Crippen molar-refractivity contribution in [3.8, 4) is 0 Å². The van der Waals surface area contributed by atoms with Crippen molar-refractivity contribution < 1.29 is 19.8 Å². The van der Waals surface area contributed by atoms with Crippen LogP contribution in [0.4, 0.5) is 0 Å². The number of hydrogen-bond donors (Lipinski definition) is 2. The normalized spacial score (nSPS) is 41.5. The first-order valence-electron chi connectivity index (χ1n) is 9.20. The van der Waals surface area contributed by atoms with E-state index in [1.54, 1.807) is 0 Å². The second kappa shape index (κ2) is 5.37. The van der Waals surface area contributed by atoms with Crippen molar-refractivity contribution in [3.63, 3.8) is 0 Å². The Morgan fingerprint density at radius 3 is 2.83 bits per heavy atom. The van der Waals surface area contributed by atoms with Gasteiger partial charge in [0.1, 0.15) is 18.0 Å². The number of carbonyl (C=O) groups is 2. The maximum absolute atomic E-state index is 12.3. The van der Waals surface area contributed by atoms with Crippen molar-refractivity contribution in [2.75, 3.05) is 6.61 Å². The molecule has 4 nitrogen and oxygen atoms in total. The van der Waals surface area contributed by atoms with Gasteiger partial charge >= 0.3 is 0 Å². The van der Waals surface area contributed by atoms with Gasteiger partial charge in [0, 0.05) is 18.3 Å². The van der Waals surface area contributed by atoms with Gasteiger partial charge in [-0.15, -0.1) is 0 Å². The average Bonchev–Trinajstić information content (AvgIpc) is 2.86. The molecule has 0 radical (unpaired) electrons. The van der Waals surface area contributed by atoms with E-state index in [1.807, 2.05) is 6.92 Å². The van der Waals surface area contributed by atoms with Crippen LogP contribution in [0.15, 0.2) is 22.8 Å². The minimum Gasteiger partial charge on any atom is -0.388 e. The summed E-state index contributed by atoms with van der Waals surface area (Å²) < 4.78 is 0. The summed E-state index contributed by atoms with van der Waals surface area (Å²) in [5.41, 5.74) is 2.25. The van der Waals surface area contributed by atoms with Crippen LogP contribution in [0.2, 0.25) is 0 Å². The summed E-state index contributed by atoms with van der Waals surface area (Å²) in [6, 6.07) is 0. The van der Waals surface area contributed by atoms with Crippen LogP contribution in [0.25, 0.3) is 0 Å². The molecular weight excluding hydrogens is 304 g/mol. The molecule has 4 aliphatic rings. The molecule has 0 aromatic heterocycles. The highest BCUT2D eigenvalue weighted by molar-refractivity contribution is 5.89. The highest BCUT2D eigenvalue weighted by Crippen LogP contribution is 2.62. The number of fused-ring (bicyclic) bond motifs is 4. The number of aliphatic hydroxyl groups is 2. The van der Waals surface area contributed by atoms with E-state index in [0.29, 0.717) is 37.4 Å². The van der Waals surface area contributed by atoms with Crippen molar-refractivity contribution in [2.45, 2.75) is 63.9 Å². The van der Waals surface area contributed by atoms with E-state index in [9.17, 15) is 19.8 Å². The second-order valence-electron chi connectivity index (χ2n) is 8.31. The zero-order chi connectivity index (χ0) is 17.1. The Balaban J connectivity index is 1.72. The fourth-order valence-electron chi connectivity index (χ4n) is 6.01. The molecule has 4 atom stereocenters. The van der Waals surface area contributed by atoms with Crippen LogP contribution < -0.4 is 0 Å². The molecule has 0 aliphatic heterocycles. The summed E-state index contributed by atoms with van der Waals surface area (Å²) in [6.07, 6.45) is 8.32. The number of allylic oxidation sites excluding steroid dienone is 4. The predicted octanol–water partition coefficient (Wildman–Crippen LogP) is 2.48. The SMILES string of the molecule is C[C@]12CC=C3C4=C(CCC3C1CC[C@]2(O)C(=O)CO)CC(=O)CC4. The lowest BCUT2D eigenvalue weighted by Gasteiger charge is -2.49. The van der Waals surface area contributed by atoms with Crippen LogP contribution in [-0.4, -0.2) is 34.0 Å². The molecule has 1 saturated carbocycles. The number of aliphatic hydroxyl groups excluding tert-OH is 1. The van der Waals surface area contributed by atoms with Crippen molar-refractivity contribution in [1.29, 1.82) is 0 Å². The third-order valence-corrected chi connectivity index (χ3v) is 7.41. The Bertz CT molecular complexity index is 673. The number of hydrogen-bond acceptors (Lipinski definition) is 4. The summed E-state index contributed by atoms with van der Waals surface area (Å²) in [5, 5.41) is 20.4. The lowest BCUT2D eigenvalue weighted by atomic mass is 9.56. The molecule has 4 rings (SSSR count). The summed E-state index contributed by atoms with van der Waals surface area (Å²) in [4.78, 5) is 24.0. The minimum atomic E-state index is -1.40. The number of ketones is 2. The van der Waals surface area contributed by atoms with Crippen molar-refractivity contribution in [3.05, 3.63) is 22.8 Å². The van der Waals surface area contributed by atoms with E-state index in [1.165, 1.54) is 16.7 Å². The van der Waals surface area contributed by atoms with Crippen molar-refractivity contribution in [2.24, 2.45) is 17.3 Å². The number of carbonyl (C=O) groups excluding carboxylic acids is 2. The maximum Gasteiger partial charge on any atom is 0.190 e. The monoisotopic (exact) mass is 330 g/mol. The molecule has 0 aromatic carbocycles. The zero-order valence-electron chi connectivity index (χ0n) is 14.3. The predicted molar refractivity (Wildman–Crippen MR) is 89.2 cm³/mol. The average molecular weight is 330 g/mol. The highest BCUT2D eigenvalue weighted by Gasteiger charge is 2.62. The molecule has 24 heavy (non-hydrogen) atoms. The molecule has 130 valence electrons. The molecule has 0 spiro atoms. The van der Waals surface area contributed by atoms with Crippen molar-refractivity contribution in [1.82, 2.24) is 0 Å². The first-order valence-corrected chi connectivity index (χ1v) is 9.20.